The third-order valence-electron chi connectivity index (χ3n) is 5.83. The second-order valence-electron chi connectivity index (χ2n) is 8.17. The van der Waals surface area contributed by atoms with Crippen LogP contribution in [0.3, 0.4) is 0 Å². The van der Waals surface area contributed by atoms with Crippen molar-refractivity contribution >= 4 is 5.91 Å². The minimum atomic E-state index is -0.571. The quantitative estimate of drug-likeness (QED) is 0.387. The van der Waals surface area contributed by atoms with Crippen LogP contribution in [-0.4, -0.2) is 16.9 Å². The van der Waals surface area contributed by atoms with Gasteiger partial charge in [0, 0.05) is 41.5 Å². The Bertz CT molecular complexity index is 1190. The molecular weight excluding hydrogens is 422 g/mol. The van der Waals surface area contributed by atoms with Crippen molar-refractivity contribution in [3.8, 4) is 22.6 Å². The lowest BCUT2D eigenvalue weighted by Crippen LogP contribution is -2.27. The topological polar surface area (TPSA) is 55.1 Å². The molecule has 2 unspecified atom stereocenters. The van der Waals surface area contributed by atoms with E-state index in [1.54, 1.807) is 0 Å². The third-order valence-corrected chi connectivity index (χ3v) is 5.83. The molecule has 0 spiro atoms. The summed E-state index contributed by atoms with van der Waals surface area (Å²) in [6.07, 6.45) is 1.02. The lowest BCUT2D eigenvalue weighted by molar-refractivity contribution is -0.121. The highest BCUT2D eigenvalue weighted by Gasteiger charge is 2.42. The largest absolute Gasteiger partial charge is 0.440 e. The van der Waals surface area contributed by atoms with Crippen LogP contribution in [0.5, 0.6) is 0 Å². The van der Waals surface area contributed by atoms with Crippen LogP contribution < -0.4 is 5.32 Å². The smallest absolute Gasteiger partial charge is 0.220 e. The molecule has 0 bridgehead atoms. The molecule has 33 heavy (non-hydrogen) atoms. The number of halogens is 2. The van der Waals surface area contributed by atoms with Gasteiger partial charge in [-0.2, -0.15) is 0 Å². The van der Waals surface area contributed by atoms with Crippen molar-refractivity contribution in [3.63, 3.8) is 0 Å². The SMILES string of the molecule is O=C(CCc1nc(-c2ccccc2)c(-c2ccccc2)o1)NC1CC1c1c(F)cccc1F. The molecule has 0 radical (unpaired) electrons. The van der Waals surface area contributed by atoms with Crippen LogP contribution >= 0.6 is 0 Å². The molecular formula is C27H22F2N2O2. The first-order chi connectivity index (χ1) is 16.1. The van der Waals surface area contributed by atoms with Crippen molar-refractivity contribution < 1.29 is 18.0 Å². The van der Waals surface area contributed by atoms with E-state index in [0.29, 0.717) is 24.5 Å². The van der Waals surface area contributed by atoms with Crippen LogP contribution in [0.15, 0.2) is 83.3 Å². The van der Waals surface area contributed by atoms with E-state index in [4.69, 9.17) is 4.42 Å². The van der Waals surface area contributed by atoms with E-state index in [-0.39, 0.29) is 29.9 Å². The Morgan fingerprint density at radius 3 is 2.21 bits per heavy atom. The van der Waals surface area contributed by atoms with Crippen molar-refractivity contribution in [1.29, 1.82) is 0 Å². The maximum atomic E-state index is 14.0. The molecule has 4 aromatic rings. The Kier molecular flexibility index (Phi) is 5.73. The van der Waals surface area contributed by atoms with E-state index >= 15 is 0 Å². The molecule has 1 amide bonds. The zero-order valence-corrected chi connectivity index (χ0v) is 17.8. The highest BCUT2D eigenvalue weighted by Crippen LogP contribution is 2.43. The maximum Gasteiger partial charge on any atom is 0.220 e. The van der Waals surface area contributed by atoms with Gasteiger partial charge in [0.25, 0.3) is 0 Å². The van der Waals surface area contributed by atoms with Crippen molar-refractivity contribution in [1.82, 2.24) is 10.3 Å². The summed E-state index contributed by atoms with van der Waals surface area (Å²) in [6, 6.07) is 23.0. The van der Waals surface area contributed by atoms with Crippen LogP contribution in [-0.2, 0) is 11.2 Å². The Balaban J connectivity index is 1.27. The summed E-state index contributed by atoms with van der Waals surface area (Å²) in [7, 11) is 0. The number of nitrogens with one attached hydrogen (secondary N) is 1. The molecule has 1 heterocycles. The zero-order chi connectivity index (χ0) is 22.8. The molecule has 1 saturated carbocycles. The second-order valence-corrected chi connectivity index (χ2v) is 8.17. The van der Waals surface area contributed by atoms with Gasteiger partial charge in [-0.1, -0.05) is 66.7 Å². The van der Waals surface area contributed by atoms with Gasteiger partial charge >= 0.3 is 0 Å². The number of rotatable bonds is 7. The number of hydrogen-bond acceptors (Lipinski definition) is 3. The molecule has 6 heteroatoms. The zero-order valence-electron chi connectivity index (χ0n) is 17.8. The van der Waals surface area contributed by atoms with Gasteiger partial charge in [-0.15, -0.1) is 0 Å². The maximum absolute atomic E-state index is 14.0. The Labute approximate surface area is 190 Å². The predicted molar refractivity (Wildman–Crippen MR) is 121 cm³/mol. The lowest BCUT2D eigenvalue weighted by atomic mass is 10.1. The van der Waals surface area contributed by atoms with Crippen LogP contribution in [0, 0.1) is 11.6 Å². The fourth-order valence-electron chi connectivity index (χ4n) is 4.09. The standard InChI is InChI=1S/C27H22F2N2O2/c28-20-12-7-13-21(29)25(20)19-16-22(19)30-23(32)14-15-24-31-26(17-8-3-1-4-9-17)27(33-24)18-10-5-2-6-11-18/h1-13,19,22H,14-16H2,(H,30,32). The molecule has 0 aliphatic heterocycles. The van der Waals surface area contributed by atoms with E-state index in [1.165, 1.54) is 18.2 Å². The molecule has 166 valence electrons. The van der Waals surface area contributed by atoms with Gasteiger partial charge in [-0.25, -0.2) is 13.8 Å². The summed E-state index contributed by atoms with van der Waals surface area (Å²) in [5, 5.41) is 2.87. The third kappa shape index (κ3) is 4.55. The number of nitrogens with zero attached hydrogens (tertiary/aromatic N) is 1. The highest BCUT2D eigenvalue weighted by atomic mass is 19.1. The van der Waals surface area contributed by atoms with Crippen molar-refractivity contribution in [3.05, 3.63) is 102 Å². The number of carbonyl (C=O) groups excluding carboxylic acids is 1. The first-order valence-electron chi connectivity index (χ1n) is 10.9. The van der Waals surface area contributed by atoms with Crippen molar-refractivity contribution in [2.75, 3.05) is 0 Å². The monoisotopic (exact) mass is 444 g/mol. The normalized spacial score (nSPS) is 17.0. The molecule has 1 N–H and O–H groups in total. The van der Waals surface area contributed by atoms with Crippen LogP contribution in [0.25, 0.3) is 22.6 Å². The number of amides is 1. The lowest BCUT2D eigenvalue weighted by Gasteiger charge is -2.06. The number of hydrogen-bond donors (Lipinski definition) is 1. The van der Waals surface area contributed by atoms with Gasteiger partial charge in [-0.3, -0.25) is 4.79 Å². The highest BCUT2D eigenvalue weighted by molar-refractivity contribution is 5.78. The van der Waals surface area contributed by atoms with Crippen LogP contribution in [0.4, 0.5) is 8.78 Å². The molecule has 3 aromatic carbocycles. The average Bonchev–Trinajstić information content (AvgIpc) is 3.43. The van der Waals surface area contributed by atoms with Crippen molar-refractivity contribution in [2.45, 2.75) is 31.2 Å². The van der Waals surface area contributed by atoms with E-state index in [1.807, 2.05) is 60.7 Å². The minimum Gasteiger partial charge on any atom is -0.440 e. The van der Waals surface area contributed by atoms with Gasteiger partial charge in [-0.05, 0) is 18.6 Å². The Hall–Kier alpha value is -3.80. The fraction of sp³-hybridized carbons (Fsp3) is 0.185. The summed E-state index contributed by atoms with van der Waals surface area (Å²) >= 11 is 0. The molecule has 1 aliphatic rings. The number of aryl methyl sites for hydroxylation is 1. The number of aromatic nitrogens is 1. The van der Waals surface area contributed by atoms with Crippen LogP contribution in [0.2, 0.25) is 0 Å². The van der Waals surface area contributed by atoms with E-state index in [0.717, 1.165) is 16.8 Å². The van der Waals surface area contributed by atoms with Crippen molar-refractivity contribution in [2.24, 2.45) is 0 Å². The summed E-state index contributed by atoms with van der Waals surface area (Å²) in [5.74, 6) is -0.534. The average molecular weight is 444 g/mol. The van der Waals surface area contributed by atoms with Gasteiger partial charge in [0.15, 0.2) is 11.7 Å². The molecule has 1 fully saturated rings. The van der Waals surface area contributed by atoms with E-state index in [2.05, 4.69) is 10.3 Å². The first-order valence-corrected chi connectivity index (χ1v) is 10.9. The van der Waals surface area contributed by atoms with Gasteiger partial charge < -0.3 is 9.73 Å². The molecule has 1 aliphatic carbocycles. The summed E-state index contributed by atoms with van der Waals surface area (Å²) in [5.41, 5.74) is 2.63. The molecule has 2 atom stereocenters. The molecule has 4 nitrogen and oxygen atoms in total. The molecule has 1 aromatic heterocycles. The van der Waals surface area contributed by atoms with Gasteiger partial charge in [0.05, 0.1) is 0 Å². The van der Waals surface area contributed by atoms with Gasteiger partial charge in [0.1, 0.15) is 17.3 Å². The number of benzene rings is 3. The molecule has 0 saturated heterocycles. The second kappa shape index (κ2) is 8.98. The first kappa shape index (κ1) is 21.1. The number of carbonyl (C=O) groups is 1. The minimum absolute atomic E-state index is 0.0514. The van der Waals surface area contributed by atoms with Gasteiger partial charge in [0.2, 0.25) is 5.91 Å². The summed E-state index contributed by atoms with van der Waals surface area (Å²) in [4.78, 5) is 17.1. The number of oxazole rings is 1. The predicted octanol–water partition coefficient (Wildman–Crippen LogP) is 5.89. The molecule has 5 rings (SSSR count). The van der Waals surface area contributed by atoms with E-state index < -0.39 is 11.6 Å². The van der Waals surface area contributed by atoms with E-state index in [9.17, 15) is 13.6 Å². The Morgan fingerprint density at radius 1 is 0.909 bits per heavy atom. The van der Waals surface area contributed by atoms with Crippen LogP contribution in [0.1, 0.15) is 30.2 Å². The Morgan fingerprint density at radius 2 is 1.55 bits per heavy atom. The summed E-state index contributed by atoms with van der Waals surface area (Å²) in [6.45, 7) is 0. The summed E-state index contributed by atoms with van der Waals surface area (Å²) < 4.78 is 34.0. The fourth-order valence-corrected chi connectivity index (χ4v) is 4.09.